The Labute approximate surface area is 221 Å². The van der Waals surface area contributed by atoms with Crippen LogP contribution >= 0.6 is 11.8 Å². The summed E-state index contributed by atoms with van der Waals surface area (Å²) in [4.78, 5) is 27.1. The van der Waals surface area contributed by atoms with Crippen LogP contribution in [0, 0.1) is 0 Å². The van der Waals surface area contributed by atoms with E-state index in [9.17, 15) is 9.59 Å². The van der Waals surface area contributed by atoms with Crippen LogP contribution in [0.3, 0.4) is 0 Å². The fourth-order valence-electron chi connectivity index (χ4n) is 3.68. The summed E-state index contributed by atoms with van der Waals surface area (Å²) in [7, 11) is 1.58. The van der Waals surface area contributed by atoms with E-state index in [-0.39, 0.29) is 11.8 Å². The first-order chi connectivity index (χ1) is 18.1. The Morgan fingerprint density at radius 3 is 2.30 bits per heavy atom. The predicted molar refractivity (Wildman–Crippen MR) is 149 cm³/mol. The fraction of sp³-hybridized carbons (Fsp3) is 0.133. The highest BCUT2D eigenvalue weighted by atomic mass is 32.2. The van der Waals surface area contributed by atoms with Gasteiger partial charge in [-0.3, -0.25) is 9.59 Å². The summed E-state index contributed by atoms with van der Waals surface area (Å²) < 4.78 is 10.8. The van der Waals surface area contributed by atoms with Crippen LogP contribution in [-0.4, -0.2) is 25.5 Å². The summed E-state index contributed by atoms with van der Waals surface area (Å²) in [6, 6.07) is 31.4. The predicted octanol–water partition coefficient (Wildman–Crippen LogP) is 6.82. The van der Waals surface area contributed by atoms with Crippen molar-refractivity contribution in [1.29, 1.82) is 0 Å². The van der Waals surface area contributed by atoms with Crippen LogP contribution in [0.4, 0.5) is 11.4 Å². The van der Waals surface area contributed by atoms with Crippen molar-refractivity contribution in [2.45, 2.75) is 17.1 Å². The minimum Gasteiger partial charge on any atom is -0.497 e. The van der Waals surface area contributed by atoms with Gasteiger partial charge in [-0.15, -0.1) is 11.8 Å². The van der Waals surface area contributed by atoms with Crippen molar-refractivity contribution in [1.82, 2.24) is 0 Å². The molecular formula is C30H28N2O4S. The second-order valence-corrected chi connectivity index (χ2v) is 9.22. The van der Waals surface area contributed by atoms with Crippen molar-refractivity contribution in [3.63, 3.8) is 0 Å². The molecule has 0 spiro atoms. The van der Waals surface area contributed by atoms with Gasteiger partial charge in [-0.1, -0.05) is 48.5 Å². The molecule has 0 aliphatic carbocycles. The molecule has 1 unspecified atom stereocenters. The molecular weight excluding hydrogens is 484 g/mol. The molecule has 2 N–H and O–H groups in total. The molecule has 7 heteroatoms. The average molecular weight is 513 g/mol. The zero-order valence-corrected chi connectivity index (χ0v) is 21.5. The minimum absolute atomic E-state index is 0.170. The number of amides is 2. The monoisotopic (exact) mass is 512 g/mol. The molecule has 4 aromatic carbocycles. The van der Waals surface area contributed by atoms with E-state index in [1.54, 1.807) is 31.4 Å². The van der Waals surface area contributed by atoms with Crippen LogP contribution in [0.25, 0.3) is 0 Å². The summed E-state index contributed by atoms with van der Waals surface area (Å²) in [5.41, 5.74) is 2.65. The molecule has 0 aromatic heterocycles. The lowest BCUT2D eigenvalue weighted by molar-refractivity contribution is -0.115. The Kier molecular flexibility index (Phi) is 8.84. The standard InChI is InChI=1S/C30H28N2O4S/c1-3-36-27-15-8-7-14-26(27)32-30(34)28(21-10-5-4-6-11-21)37-25-13-9-12-23(20-25)31-29(33)22-16-18-24(35-2)19-17-22/h4-20,28H,3H2,1-2H3,(H,31,33)(H,32,34). The van der Waals surface area contributed by atoms with E-state index < -0.39 is 5.25 Å². The number of carbonyl (C=O) groups excluding carboxylic acids is 2. The second-order valence-electron chi connectivity index (χ2n) is 8.04. The van der Waals surface area contributed by atoms with Crippen LogP contribution in [0.1, 0.15) is 28.1 Å². The highest BCUT2D eigenvalue weighted by Crippen LogP contribution is 2.38. The Balaban J connectivity index is 1.53. The molecule has 0 aliphatic rings. The molecule has 37 heavy (non-hydrogen) atoms. The van der Waals surface area contributed by atoms with Gasteiger partial charge in [-0.25, -0.2) is 0 Å². The summed E-state index contributed by atoms with van der Waals surface area (Å²) >= 11 is 1.41. The van der Waals surface area contributed by atoms with E-state index in [0.29, 0.717) is 35.0 Å². The highest BCUT2D eigenvalue weighted by molar-refractivity contribution is 8.00. The van der Waals surface area contributed by atoms with Gasteiger partial charge in [0.2, 0.25) is 5.91 Å². The normalized spacial score (nSPS) is 11.3. The van der Waals surface area contributed by atoms with Gasteiger partial charge >= 0.3 is 0 Å². The molecule has 4 rings (SSSR count). The number of anilines is 2. The SMILES string of the molecule is CCOc1ccccc1NC(=O)C(Sc1cccc(NC(=O)c2ccc(OC)cc2)c1)c1ccccc1. The Morgan fingerprint density at radius 2 is 1.57 bits per heavy atom. The van der Waals surface area contributed by atoms with E-state index >= 15 is 0 Å². The highest BCUT2D eigenvalue weighted by Gasteiger charge is 2.23. The molecule has 0 bridgehead atoms. The Morgan fingerprint density at radius 1 is 0.838 bits per heavy atom. The first-order valence-corrected chi connectivity index (χ1v) is 12.7. The topological polar surface area (TPSA) is 76.7 Å². The van der Waals surface area contributed by atoms with Gasteiger partial charge < -0.3 is 20.1 Å². The largest absolute Gasteiger partial charge is 0.497 e. The molecule has 4 aromatic rings. The van der Waals surface area contributed by atoms with Crippen molar-refractivity contribution < 1.29 is 19.1 Å². The van der Waals surface area contributed by atoms with Crippen LogP contribution in [0.2, 0.25) is 0 Å². The molecule has 6 nitrogen and oxygen atoms in total. The van der Waals surface area contributed by atoms with Gasteiger partial charge in [0.05, 0.1) is 19.4 Å². The van der Waals surface area contributed by atoms with Gasteiger partial charge in [-0.2, -0.15) is 0 Å². The number of nitrogens with one attached hydrogen (secondary N) is 2. The molecule has 2 amide bonds. The van der Waals surface area contributed by atoms with E-state index in [1.165, 1.54) is 11.8 Å². The van der Waals surface area contributed by atoms with Crippen molar-refractivity contribution in [2.75, 3.05) is 24.4 Å². The zero-order chi connectivity index (χ0) is 26.0. The Bertz CT molecular complexity index is 1340. The minimum atomic E-state index is -0.525. The van der Waals surface area contributed by atoms with Crippen molar-refractivity contribution in [2.24, 2.45) is 0 Å². The van der Waals surface area contributed by atoms with Crippen molar-refractivity contribution in [3.8, 4) is 11.5 Å². The third-order valence-electron chi connectivity index (χ3n) is 5.48. The molecule has 0 heterocycles. The summed E-state index contributed by atoms with van der Waals surface area (Å²) in [6.45, 7) is 2.40. The van der Waals surface area contributed by atoms with E-state index in [0.717, 1.165) is 10.5 Å². The van der Waals surface area contributed by atoms with Crippen LogP contribution in [-0.2, 0) is 4.79 Å². The van der Waals surface area contributed by atoms with Gasteiger partial charge in [0, 0.05) is 16.1 Å². The maximum absolute atomic E-state index is 13.5. The maximum atomic E-state index is 13.5. The van der Waals surface area contributed by atoms with Gasteiger partial charge in [0.15, 0.2) is 0 Å². The first kappa shape index (κ1) is 25.9. The lowest BCUT2D eigenvalue weighted by Gasteiger charge is -2.19. The second kappa shape index (κ2) is 12.6. The number of rotatable bonds is 10. The number of carbonyl (C=O) groups is 2. The number of para-hydroxylation sites is 2. The smallest absolute Gasteiger partial charge is 0.255 e. The first-order valence-electron chi connectivity index (χ1n) is 11.9. The maximum Gasteiger partial charge on any atom is 0.255 e. The molecule has 0 fully saturated rings. The molecule has 0 radical (unpaired) electrons. The summed E-state index contributed by atoms with van der Waals surface area (Å²) in [5.74, 6) is 0.910. The number of thioether (sulfide) groups is 1. The number of methoxy groups -OCH3 is 1. The number of ether oxygens (including phenoxy) is 2. The van der Waals surface area contributed by atoms with Gasteiger partial charge in [0.1, 0.15) is 16.7 Å². The lowest BCUT2D eigenvalue weighted by atomic mass is 10.1. The third-order valence-corrected chi connectivity index (χ3v) is 6.73. The molecule has 0 saturated carbocycles. The third kappa shape index (κ3) is 6.92. The van der Waals surface area contributed by atoms with Crippen LogP contribution in [0.15, 0.2) is 108 Å². The van der Waals surface area contributed by atoms with E-state index in [1.807, 2.05) is 85.8 Å². The van der Waals surface area contributed by atoms with Crippen LogP contribution in [0.5, 0.6) is 11.5 Å². The number of benzene rings is 4. The zero-order valence-electron chi connectivity index (χ0n) is 20.6. The summed E-state index contributed by atoms with van der Waals surface area (Å²) in [6.07, 6.45) is 0. The average Bonchev–Trinajstić information content (AvgIpc) is 2.93. The quantitative estimate of drug-likeness (QED) is 0.228. The van der Waals surface area contributed by atoms with Gasteiger partial charge in [0.25, 0.3) is 5.91 Å². The molecule has 188 valence electrons. The van der Waals surface area contributed by atoms with E-state index in [4.69, 9.17) is 9.47 Å². The number of hydrogen-bond acceptors (Lipinski definition) is 5. The van der Waals surface area contributed by atoms with Crippen molar-refractivity contribution in [3.05, 3.63) is 114 Å². The van der Waals surface area contributed by atoms with Crippen LogP contribution < -0.4 is 20.1 Å². The van der Waals surface area contributed by atoms with Gasteiger partial charge in [-0.05, 0) is 67.1 Å². The van der Waals surface area contributed by atoms with E-state index in [2.05, 4.69) is 10.6 Å². The van der Waals surface area contributed by atoms with Crippen molar-refractivity contribution >= 4 is 35.0 Å². The lowest BCUT2D eigenvalue weighted by Crippen LogP contribution is -2.19. The molecule has 0 saturated heterocycles. The molecule has 1 atom stereocenters. The fourth-order valence-corrected chi connectivity index (χ4v) is 4.76. The Hall–Kier alpha value is -4.23. The molecule has 0 aliphatic heterocycles. The summed E-state index contributed by atoms with van der Waals surface area (Å²) in [5, 5.41) is 5.43. The number of hydrogen-bond donors (Lipinski definition) is 2.